The van der Waals surface area contributed by atoms with Crippen LogP contribution in [0.3, 0.4) is 0 Å². The van der Waals surface area contributed by atoms with Crippen molar-refractivity contribution in [2.24, 2.45) is 0 Å². The fourth-order valence-electron chi connectivity index (χ4n) is 3.13. The van der Waals surface area contributed by atoms with Gasteiger partial charge in [0.15, 0.2) is 39.9 Å². The smallest absolute Gasteiger partial charge is 0.204 e. The number of ether oxygens (including phenoxy) is 5. The fourth-order valence-corrected chi connectivity index (χ4v) is 3.13. The van der Waals surface area contributed by atoms with Crippen molar-refractivity contribution < 1.29 is 38.3 Å². The second-order valence-electron chi connectivity index (χ2n) is 5.85. The molecule has 0 saturated heterocycles. The van der Waals surface area contributed by atoms with Gasteiger partial charge in [-0.25, -0.2) is 0 Å². The summed E-state index contributed by atoms with van der Waals surface area (Å²) in [5, 5.41) is 20.7. The highest BCUT2D eigenvalue weighted by molar-refractivity contribution is 5.91. The molecule has 2 N–H and O–H groups in total. The molecule has 1 aromatic heterocycles. The lowest BCUT2D eigenvalue weighted by Gasteiger charge is -2.17. The van der Waals surface area contributed by atoms with Crippen LogP contribution < -0.4 is 29.1 Å². The molecule has 3 rings (SSSR count). The molecule has 0 unspecified atom stereocenters. The van der Waals surface area contributed by atoms with Crippen LogP contribution in [0, 0.1) is 0 Å². The van der Waals surface area contributed by atoms with Crippen molar-refractivity contribution in [1.29, 1.82) is 0 Å². The molecule has 1 heterocycles. The Kier molecular flexibility index (Phi) is 5.31. The minimum Gasteiger partial charge on any atom is -0.504 e. The maximum atomic E-state index is 12.8. The summed E-state index contributed by atoms with van der Waals surface area (Å²) in [6, 6.07) is 3.88. The monoisotopic (exact) mass is 404 g/mol. The molecule has 0 fully saturated rings. The lowest BCUT2D eigenvalue weighted by molar-refractivity contribution is 0.334. The number of methoxy groups -OCH3 is 5. The maximum Gasteiger partial charge on any atom is 0.204 e. The quantitative estimate of drug-likeness (QED) is 0.639. The van der Waals surface area contributed by atoms with Gasteiger partial charge in [0.25, 0.3) is 0 Å². The van der Waals surface area contributed by atoms with E-state index in [4.69, 9.17) is 28.1 Å². The van der Waals surface area contributed by atoms with E-state index in [1.54, 1.807) is 0 Å². The molecule has 0 aliphatic heterocycles. The SMILES string of the molecule is COc1cc(O)c(OC)c(-c2cc(=O)c3c(O)c(OC)c(OC)cc3o2)c1OC. The molecular formula is C20H20O9. The van der Waals surface area contributed by atoms with Gasteiger partial charge in [0.2, 0.25) is 5.75 Å². The second-order valence-corrected chi connectivity index (χ2v) is 5.85. The second kappa shape index (κ2) is 7.70. The van der Waals surface area contributed by atoms with E-state index in [0.29, 0.717) is 0 Å². The fraction of sp³-hybridized carbons (Fsp3) is 0.250. The van der Waals surface area contributed by atoms with Crippen LogP contribution in [0.5, 0.6) is 40.2 Å². The molecule has 0 radical (unpaired) electrons. The predicted molar refractivity (Wildman–Crippen MR) is 104 cm³/mol. The third kappa shape index (κ3) is 3.10. The van der Waals surface area contributed by atoms with Gasteiger partial charge in [-0.1, -0.05) is 0 Å². The van der Waals surface area contributed by atoms with Gasteiger partial charge in [0.1, 0.15) is 22.3 Å². The highest BCUT2D eigenvalue weighted by Crippen LogP contribution is 2.50. The van der Waals surface area contributed by atoms with Crippen LogP contribution in [0.25, 0.3) is 22.3 Å². The molecule has 3 aromatic rings. The van der Waals surface area contributed by atoms with Gasteiger partial charge < -0.3 is 38.3 Å². The van der Waals surface area contributed by atoms with Crippen molar-refractivity contribution in [1.82, 2.24) is 0 Å². The molecule has 0 amide bonds. The molecule has 9 nitrogen and oxygen atoms in total. The summed E-state index contributed by atoms with van der Waals surface area (Å²) < 4.78 is 32.1. The summed E-state index contributed by atoms with van der Waals surface area (Å²) >= 11 is 0. The molecule has 0 bridgehead atoms. The van der Waals surface area contributed by atoms with Crippen molar-refractivity contribution in [3.63, 3.8) is 0 Å². The molecule has 0 spiro atoms. The molecule has 29 heavy (non-hydrogen) atoms. The molecule has 9 heteroatoms. The first-order valence-corrected chi connectivity index (χ1v) is 8.35. The normalized spacial score (nSPS) is 10.7. The molecule has 0 saturated carbocycles. The zero-order valence-corrected chi connectivity index (χ0v) is 16.5. The van der Waals surface area contributed by atoms with Crippen LogP contribution in [0.2, 0.25) is 0 Å². The van der Waals surface area contributed by atoms with Crippen LogP contribution in [0.15, 0.2) is 27.4 Å². The third-order valence-electron chi connectivity index (χ3n) is 4.39. The van der Waals surface area contributed by atoms with E-state index in [1.165, 1.54) is 47.7 Å². The zero-order valence-electron chi connectivity index (χ0n) is 16.5. The summed E-state index contributed by atoms with van der Waals surface area (Å²) in [7, 11) is 6.88. The van der Waals surface area contributed by atoms with E-state index in [9.17, 15) is 15.0 Å². The Bertz CT molecular complexity index is 1130. The number of hydrogen-bond acceptors (Lipinski definition) is 9. The first kappa shape index (κ1) is 20.0. The van der Waals surface area contributed by atoms with Gasteiger partial charge in [-0.15, -0.1) is 0 Å². The summed E-state index contributed by atoms with van der Waals surface area (Å²) in [6.07, 6.45) is 0. The number of rotatable bonds is 6. The topological polar surface area (TPSA) is 117 Å². The Hall–Kier alpha value is -3.75. The first-order chi connectivity index (χ1) is 13.9. The largest absolute Gasteiger partial charge is 0.504 e. The van der Waals surface area contributed by atoms with Crippen molar-refractivity contribution in [2.75, 3.05) is 35.5 Å². The standard InChI is InChI=1S/C20H20O9/c1-24-13-7-10(22)18(26-3)16(19(13)27-4)11-6-9(21)15-12(29-11)8-14(25-2)20(28-5)17(15)23/h6-8,22-23H,1-5H3. The minimum atomic E-state index is -0.550. The zero-order chi connectivity index (χ0) is 21.3. The number of hydrogen-bond donors (Lipinski definition) is 2. The Balaban J connectivity index is 2.43. The Morgan fingerprint density at radius 1 is 0.759 bits per heavy atom. The van der Waals surface area contributed by atoms with Crippen LogP contribution in [0.4, 0.5) is 0 Å². The molecule has 2 aromatic carbocycles. The van der Waals surface area contributed by atoms with Crippen LogP contribution >= 0.6 is 0 Å². The summed E-state index contributed by atoms with van der Waals surface area (Å²) in [6.45, 7) is 0. The van der Waals surface area contributed by atoms with Crippen LogP contribution in [0.1, 0.15) is 0 Å². The first-order valence-electron chi connectivity index (χ1n) is 8.35. The highest BCUT2D eigenvalue weighted by Gasteiger charge is 2.26. The number of aromatic hydroxyl groups is 2. The van der Waals surface area contributed by atoms with Crippen molar-refractivity contribution in [3.8, 4) is 51.6 Å². The number of benzene rings is 2. The van der Waals surface area contributed by atoms with Crippen molar-refractivity contribution in [2.45, 2.75) is 0 Å². The Morgan fingerprint density at radius 3 is 1.90 bits per heavy atom. The van der Waals surface area contributed by atoms with Gasteiger partial charge in [-0.3, -0.25) is 4.79 Å². The average molecular weight is 404 g/mol. The van der Waals surface area contributed by atoms with Crippen molar-refractivity contribution in [3.05, 3.63) is 28.4 Å². The van der Waals surface area contributed by atoms with Crippen LogP contribution in [-0.4, -0.2) is 45.8 Å². The number of phenols is 2. The minimum absolute atomic E-state index is 0.00855. The Morgan fingerprint density at radius 2 is 1.34 bits per heavy atom. The van der Waals surface area contributed by atoms with E-state index in [2.05, 4.69) is 0 Å². The highest BCUT2D eigenvalue weighted by atomic mass is 16.5. The third-order valence-corrected chi connectivity index (χ3v) is 4.39. The van der Waals surface area contributed by atoms with E-state index >= 15 is 0 Å². The lowest BCUT2D eigenvalue weighted by Crippen LogP contribution is -2.04. The van der Waals surface area contributed by atoms with Crippen molar-refractivity contribution >= 4 is 11.0 Å². The van der Waals surface area contributed by atoms with E-state index < -0.39 is 11.2 Å². The van der Waals surface area contributed by atoms with Gasteiger partial charge in [0, 0.05) is 18.2 Å². The van der Waals surface area contributed by atoms with E-state index in [1.807, 2.05) is 0 Å². The number of phenolic OH excluding ortho intramolecular Hbond substituents is 2. The Labute approximate surface area is 165 Å². The molecule has 0 aliphatic carbocycles. The summed E-state index contributed by atoms with van der Waals surface area (Å²) in [5.74, 6) is -0.0213. The predicted octanol–water partition coefficient (Wildman–Crippen LogP) is 2.91. The lowest BCUT2D eigenvalue weighted by atomic mass is 10.1. The molecule has 154 valence electrons. The van der Waals surface area contributed by atoms with E-state index in [0.717, 1.165) is 6.07 Å². The summed E-state index contributed by atoms with van der Waals surface area (Å²) in [4.78, 5) is 12.8. The van der Waals surface area contributed by atoms with Crippen LogP contribution in [-0.2, 0) is 0 Å². The molecule has 0 atom stereocenters. The van der Waals surface area contributed by atoms with Gasteiger partial charge >= 0.3 is 0 Å². The van der Waals surface area contributed by atoms with Gasteiger partial charge in [0.05, 0.1) is 35.5 Å². The maximum absolute atomic E-state index is 12.8. The molecular weight excluding hydrogens is 384 g/mol. The number of fused-ring (bicyclic) bond motifs is 1. The molecule has 0 aliphatic rings. The van der Waals surface area contributed by atoms with Gasteiger partial charge in [-0.05, 0) is 0 Å². The summed E-state index contributed by atoms with van der Waals surface area (Å²) in [5.41, 5.74) is -0.347. The average Bonchev–Trinajstić information content (AvgIpc) is 2.71. The van der Waals surface area contributed by atoms with E-state index in [-0.39, 0.29) is 56.8 Å². The van der Waals surface area contributed by atoms with Gasteiger partial charge in [-0.2, -0.15) is 0 Å².